The molecule has 0 spiro atoms. The molecule has 0 N–H and O–H groups in total. The highest BCUT2D eigenvalue weighted by atomic mass is 28.4. The van der Waals surface area contributed by atoms with Crippen LogP contribution in [0.15, 0.2) is 0 Å². The monoisotopic (exact) mass is 262 g/mol. The van der Waals surface area contributed by atoms with Gasteiger partial charge in [0.25, 0.3) is 0 Å². The Kier molecular flexibility index (Phi) is 6.47. The first-order valence-electron chi connectivity index (χ1n) is 6.33. The van der Waals surface area contributed by atoms with E-state index in [9.17, 15) is 0 Å². The fraction of sp³-hybridized carbons (Fsp3) is 1.00. The lowest BCUT2D eigenvalue weighted by atomic mass is 10.1. The van der Waals surface area contributed by atoms with Gasteiger partial charge in [0.2, 0.25) is 0 Å². The molecule has 1 atom stereocenters. The Morgan fingerprint density at radius 3 is 1.69 bits per heavy atom. The van der Waals surface area contributed by atoms with Crippen molar-refractivity contribution < 1.29 is 8.85 Å². The standard InChI is InChI=1S/C12H30O2Si2/c1-11(2)12(14-16(6,7)8)9-10-13-15(3,4)5/h11-12H,9-10H2,1-8H3. The summed E-state index contributed by atoms with van der Waals surface area (Å²) in [6.07, 6.45) is 1.40. The van der Waals surface area contributed by atoms with Crippen molar-refractivity contribution in [2.24, 2.45) is 5.92 Å². The molecule has 0 saturated carbocycles. The predicted octanol–water partition coefficient (Wildman–Crippen LogP) is 4.10. The highest BCUT2D eigenvalue weighted by Crippen LogP contribution is 2.18. The van der Waals surface area contributed by atoms with Gasteiger partial charge in [0.1, 0.15) is 0 Å². The summed E-state index contributed by atoms with van der Waals surface area (Å²) in [6.45, 7) is 18.8. The minimum Gasteiger partial charge on any atom is -0.418 e. The van der Waals surface area contributed by atoms with Gasteiger partial charge >= 0.3 is 0 Å². The topological polar surface area (TPSA) is 18.5 Å². The van der Waals surface area contributed by atoms with Gasteiger partial charge in [-0.3, -0.25) is 0 Å². The quantitative estimate of drug-likeness (QED) is 0.643. The summed E-state index contributed by atoms with van der Waals surface area (Å²) in [4.78, 5) is 0. The Labute approximate surface area is 104 Å². The van der Waals surface area contributed by atoms with E-state index in [4.69, 9.17) is 8.85 Å². The van der Waals surface area contributed by atoms with Gasteiger partial charge in [-0.05, 0) is 51.6 Å². The molecular weight excluding hydrogens is 232 g/mol. The van der Waals surface area contributed by atoms with Gasteiger partial charge in [-0.15, -0.1) is 0 Å². The average Bonchev–Trinajstić information content (AvgIpc) is 1.97. The van der Waals surface area contributed by atoms with E-state index >= 15 is 0 Å². The van der Waals surface area contributed by atoms with E-state index in [0.29, 0.717) is 12.0 Å². The Bertz CT molecular complexity index is 192. The van der Waals surface area contributed by atoms with Crippen molar-refractivity contribution in [2.45, 2.75) is 65.7 Å². The van der Waals surface area contributed by atoms with Gasteiger partial charge in [-0.1, -0.05) is 13.8 Å². The van der Waals surface area contributed by atoms with E-state index in [1.807, 2.05) is 0 Å². The van der Waals surface area contributed by atoms with Gasteiger partial charge < -0.3 is 8.85 Å². The SMILES string of the molecule is CC(C)C(CCO[Si](C)(C)C)O[Si](C)(C)C. The highest BCUT2D eigenvalue weighted by molar-refractivity contribution is 6.70. The van der Waals surface area contributed by atoms with Gasteiger partial charge in [0.15, 0.2) is 16.6 Å². The van der Waals surface area contributed by atoms with Crippen LogP contribution < -0.4 is 0 Å². The molecule has 0 radical (unpaired) electrons. The van der Waals surface area contributed by atoms with Crippen molar-refractivity contribution in [1.29, 1.82) is 0 Å². The molecule has 0 aromatic carbocycles. The van der Waals surface area contributed by atoms with Crippen LogP contribution in [0.3, 0.4) is 0 Å². The van der Waals surface area contributed by atoms with Crippen LogP contribution >= 0.6 is 0 Å². The normalized spacial score (nSPS) is 15.6. The maximum Gasteiger partial charge on any atom is 0.184 e. The van der Waals surface area contributed by atoms with Crippen LogP contribution in [0.25, 0.3) is 0 Å². The van der Waals surface area contributed by atoms with Gasteiger partial charge in [0, 0.05) is 12.7 Å². The molecule has 98 valence electrons. The Morgan fingerprint density at radius 1 is 0.875 bits per heavy atom. The molecule has 4 heteroatoms. The van der Waals surface area contributed by atoms with Gasteiger partial charge in [-0.25, -0.2) is 0 Å². The lowest BCUT2D eigenvalue weighted by Gasteiger charge is -2.30. The van der Waals surface area contributed by atoms with Crippen LogP contribution in [0.4, 0.5) is 0 Å². The molecule has 2 nitrogen and oxygen atoms in total. The van der Waals surface area contributed by atoms with E-state index in [2.05, 4.69) is 53.1 Å². The number of hydrogen-bond donors (Lipinski definition) is 0. The molecule has 0 aliphatic heterocycles. The molecular formula is C12H30O2Si2. The van der Waals surface area contributed by atoms with Crippen LogP contribution in [0.2, 0.25) is 39.3 Å². The van der Waals surface area contributed by atoms with Crippen LogP contribution in [-0.4, -0.2) is 29.3 Å². The van der Waals surface area contributed by atoms with Crippen LogP contribution in [0, 0.1) is 5.92 Å². The Morgan fingerprint density at radius 2 is 1.38 bits per heavy atom. The predicted molar refractivity (Wildman–Crippen MR) is 77.0 cm³/mol. The molecule has 0 aromatic heterocycles. The fourth-order valence-corrected chi connectivity index (χ4v) is 3.49. The molecule has 0 aliphatic carbocycles. The lowest BCUT2D eigenvalue weighted by molar-refractivity contribution is 0.112. The molecule has 0 amide bonds. The van der Waals surface area contributed by atoms with Crippen molar-refractivity contribution in [1.82, 2.24) is 0 Å². The van der Waals surface area contributed by atoms with Crippen molar-refractivity contribution >= 4 is 16.6 Å². The molecule has 0 aliphatic rings. The Balaban J connectivity index is 4.06. The van der Waals surface area contributed by atoms with Crippen molar-refractivity contribution in [3.8, 4) is 0 Å². The van der Waals surface area contributed by atoms with Crippen molar-refractivity contribution in [3.63, 3.8) is 0 Å². The molecule has 0 rings (SSSR count). The first-order chi connectivity index (χ1) is 7.01. The number of hydrogen-bond acceptors (Lipinski definition) is 2. The van der Waals surface area contributed by atoms with Crippen molar-refractivity contribution in [3.05, 3.63) is 0 Å². The minimum atomic E-state index is -1.42. The zero-order valence-corrected chi connectivity index (χ0v) is 14.4. The first kappa shape index (κ1) is 16.4. The average molecular weight is 263 g/mol. The fourth-order valence-electron chi connectivity index (χ4n) is 1.46. The summed E-state index contributed by atoms with van der Waals surface area (Å²) < 4.78 is 12.1. The zero-order valence-electron chi connectivity index (χ0n) is 12.4. The van der Waals surface area contributed by atoms with Crippen molar-refractivity contribution in [2.75, 3.05) is 6.61 Å². The van der Waals surface area contributed by atoms with E-state index in [-0.39, 0.29) is 0 Å². The summed E-state index contributed by atoms with van der Waals surface area (Å²) in [5.74, 6) is 0.581. The third-order valence-electron chi connectivity index (χ3n) is 2.19. The summed E-state index contributed by atoms with van der Waals surface area (Å²) in [5.41, 5.74) is 0. The second kappa shape index (κ2) is 6.33. The van der Waals surface area contributed by atoms with Gasteiger partial charge in [0.05, 0.1) is 0 Å². The smallest absolute Gasteiger partial charge is 0.184 e. The summed E-state index contributed by atoms with van der Waals surface area (Å²) in [5, 5.41) is 0. The molecule has 0 fully saturated rings. The molecule has 0 aromatic rings. The van der Waals surface area contributed by atoms with Crippen LogP contribution in [0.1, 0.15) is 20.3 Å². The second-order valence-corrected chi connectivity index (χ2v) is 15.7. The zero-order chi connectivity index (χ0) is 13.0. The maximum atomic E-state index is 6.19. The summed E-state index contributed by atoms with van der Waals surface area (Å²) >= 11 is 0. The molecule has 16 heavy (non-hydrogen) atoms. The summed E-state index contributed by atoms with van der Waals surface area (Å²) in [7, 11) is -2.78. The second-order valence-electron chi connectivity index (χ2n) is 6.76. The largest absolute Gasteiger partial charge is 0.418 e. The van der Waals surface area contributed by atoms with E-state index in [1.54, 1.807) is 0 Å². The van der Waals surface area contributed by atoms with Gasteiger partial charge in [-0.2, -0.15) is 0 Å². The molecule has 0 heterocycles. The molecule has 1 unspecified atom stereocenters. The molecule has 0 saturated heterocycles. The third kappa shape index (κ3) is 9.57. The first-order valence-corrected chi connectivity index (χ1v) is 13.1. The molecule has 0 bridgehead atoms. The minimum absolute atomic E-state index is 0.364. The van der Waals surface area contributed by atoms with E-state index in [0.717, 1.165) is 13.0 Å². The third-order valence-corrected chi connectivity index (χ3v) is 4.27. The van der Waals surface area contributed by atoms with E-state index < -0.39 is 16.6 Å². The summed E-state index contributed by atoms with van der Waals surface area (Å²) in [6, 6.07) is 0. The highest BCUT2D eigenvalue weighted by Gasteiger charge is 2.24. The maximum absolute atomic E-state index is 6.19. The van der Waals surface area contributed by atoms with Crippen LogP contribution in [0.5, 0.6) is 0 Å². The lowest BCUT2D eigenvalue weighted by Crippen LogP contribution is -2.36. The van der Waals surface area contributed by atoms with E-state index in [1.165, 1.54) is 0 Å². The Hall–Kier alpha value is 0.354. The number of rotatable bonds is 7. The van der Waals surface area contributed by atoms with Crippen LogP contribution in [-0.2, 0) is 8.85 Å².